The van der Waals surface area contributed by atoms with Crippen LogP contribution in [-0.4, -0.2) is 11.0 Å². The maximum absolute atomic E-state index is 11.6. The lowest BCUT2D eigenvalue weighted by Crippen LogP contribution is -2.22. The number of aromatic carboxylic acids is 1. The molecule has 4 rings (SSSR count). The molecule has 0 amide bonds. The first-order chi connectivity index (χ1) is 12.5. The van der Waals surface area contributed by atoms with Crippen LogP contribution in [0.4, 0.5) is 0 Å². The average Bonchev–Trinajstić information content (AvgIpc) is 3.11. The third-order valence-corrected chi connectivity index (χ3v) is 4.64. The van der Waals surface area contributed by atoms with E-state index >= 15 is 0 Å². The number of benzene rings is 2. The maximum atomic E-state index is 11.6. The molecule has 0 aliphatic rings. The number of carboxylic acid groups (broad SMARTS) is 1. The Morgan fingerprint density at radius 3 is 2.62 bits per heavy atom. The van der Waals surface area contributed by atoms with Gasteiger partial charge in [-0.2, -0.15) is 0 Å². The highest BCUT2D eigenvalue weighted by Crippen LogP contribution is 2.31. The van der Waals surface area contributed by atoms with Crippen LogP contribution in [-0.2, 0) is 0 Å². The van der Waals surface area contributed by atoms with Crippen LogP contribution in [0.5, 0.6) is 0 Å². The number of hydrogen-bond acceptors (Lipinski definition) is 4. The molecule has 0 saturated carbocycles. The molecule has 0 unspecified atom stereocenters. The number of carboxylic acids is 1. The summed E-state index contributed by atoms with van der Waals surface area (Å²) in [6, 6.07) is 18.4. The quantitative estimate of drug-likeness (QED) is 0.498. The highest BCUT2D eigenvalue weighted by Gasteiger charge is 2.13. The number of pyridine rings is 1. The van der Waals surface area contributed by atoms with Gasteiger partial charge < -0.3 is 14.3 Å². The Labute approximate surface area is 158 Å². The monoisotopic (exact) mass is 406 g/mol. The van der Waals surface area contributed by atoms with Gasteiger partial charge in [0, 0.05) is 21.0 Å². The number of fused-ring (bicyclic) bond motifs is 1. The molecule has 0 bridgehead atoms. The van der Waals surface area contributed by atoms with Crippen LogP contribution in [0.25, 0.3) is 33.7 Å². The van der Waals surface area contributed by atoms with Crippen LogP contribution >= 0.6 is 15.9 Å². The number of halogens is 1. The summed E-state index contributed by atoms with van der Waals surface area (Å²) in [7, 11) is 0. The van der Waals surface area contributed by atoms with Crippen LogP contribution < -0.4 is 5.11 Å². The first-order valence-electron chi connectivity index (χ1n) is 8.00. The van der Waals surface area contributed by atoms with Gasteiger partial charge in [-0.25, -0.2) is 4.98 Å². The SMILES string of the molecule is Cc1ccc2nc(-c3ccc(-c4cccc(Br)c4)o3)cc(C(=O)[O-])c2c1. The Bertz CT molecular complexity index is 1150. The Morgan fingerprint density at radius 2 is 1.85 bits per heavy atom. The first kappa shape index (κ1) is 16.5. The normalized spacial score (nSPS) is 11.0. The van der Waals surface area contributed by atoms with E-state index in [9.17, 15) is 9.90 Å². The van der Waals surface area contributed by atoms with Gasteiger partial charge in [-0.15, -0.1) is 0 Å². The second kappa shape index (κ2) is 6.42. The summed E-state index contributed by atoms with van der Waals surface area (Å²) < 4.78 is 6.87. The summed E-state index contributed by atoms with van der Waals surface area (Å²) >= 11 is 3.44. The molecule has 128 valence electrons. The zero-order valence-electron chi connectivity index (χ0n) is 13.8. The van der Waals surface area contributed by atoms with Gasteiger partial charge in [0.25, 0.3) is 0 Å². The molecular weight excluding hydrogens is 394 g/mol. The van der Waals surface area contributed by atoms with Crippen molar-refractivity contribution >= 4 is 32.8 Å². The fourth-order valence-electron chi connectivity index (χ4n) is 2.91. The Morgan fingerprint density at radius 1 is 1.04 bits per heavy atom. The molecule has 2 aromatic heterocycles. The second-order valence-electron chi connectivity index (χ2n) is 6.04. The molecular formula is C21H13BrNO3-. The summed E-state index contributed by atoms with van der Waals surface area (Å²) in [6.45, 7) is 1.91. The second-order valence-corrected chi connectivity index (χ2v) is 6.95. The summed E-state index contributed by atoms with van der Waals surface area (Å²) in [5, 5.41) is 12.2. The van der Waals surface area contributed by atoms with Gasteiger partial charge in [-0.05, 0) is 49.4 Å². The summed E-state index contributed by atoms with van der Waals surface area (Å²) in [5.41, 5.74) is 3.04. The fraction of sp³-hybridized carbons (Fsp3) is 0.0476. The molecule has 4 aromatic rings. The number of carbonyl (C=O) groups is 1. The number of nitrogens with zero attached hydrogens (tertiary/aromatic N) is 1. The Kier molecular flexibility index (Phi) is 4.09. The van der Waals surface area contributed by atoms with Crippen molar-refractivity contribution in [2.75, 3.05) is 0 Å². The number of aryl methyl sites for hydroxylation is 1. The predicted octanol–water partition coefficient (Wildman–Crippen LogP) is 4.60. The van der Waals surface area contributed by atoms with Crippen molar-refractivity contribution in [2.24, 2.45) is 0 Å². The third kappa shape index (κ3) is 3.02. The van der Waals surface area contributed by atoms with Gasteiger partial charge in [0.15, 0.2) is 5.76 Å². The minimum atomic E-state index is -1.23. The van der Waals surface area contributed by atoms with Crippen molar-refractivity contribution in [3.05, 3.63) is 76.3 Å². The van der Waals surface area contributed by atoms with Crippen LogP contribution in [0.15, 0.2) is 69.6 Å². The molecule has 5 heteroatoms. The molecule has 0 fully saturated rings. The molecule has 0 N–H and O–H groups in total. The topological polar surface area (TPSA) is 66.2 Å². The summed E-state index contributed by atoms with van der Waals surface area (Å²) in [4.78, 5) is 16.2. The van der Waals surface area contributed by atoms with Crippen molar-refractivity contribution in [3.8, 4) is 22.8 Å². The molecule has 26 heavy (non-hydrogen) atoms. The van der Waals surface area contributed by atoms with Crippen molar-refractivity contribution in [1.82, 2.24) is 4.98 Å². The van der Waals surface area contributed by atoms with Crippen LogP contribution in [0.1, 0.15) is 15.9 Å². The van der Waals surface area contributed by atoms with Gasteiger partial charge in [-0.1, -0.05) is 39.7 Å². The molecule has 4 nitrogen and oxygen atoms in total. The zero-order valence-corrected chi connectivity index (χ0v) is 15.4. The Balaban J connectivity index is 1.85. The number of furan rings is 1. The van der Waals surface area contributed by atoms with E-state index in [0.717, 1.165) is 15.6 Å². The van der Waals surface area contributed by atoms with E-state index in [1.807, 2.05) is 43.3 Å². The van der Waals surface area contributed by atoms with Crippen LogP contribution in [0.2, 0.25) is 0 Å². The van der Waals surface area contributed by atoms with Gasteiger partial charge in [0.05, 0.1) is 11.5 Å². The number of carbonyl (C=O) groups excluding carboxylic acids is 1. The molecule has 0 aliphatic carbocycles. The van der Waals surface area contributed by atoms with Gasteiger partial charge in [0.2, 0.25) is 0 Å². The van der Waals surface area contributed by atoms with E-state index in [-0.39, 0.29) is 5.56 Å². The predicted molar refractivity (Wildman–Crippen MR) is 102 cm³/mol. The number of rotatable bonds is 3. The van der Waals surface area contributed by atoms with Crippen molar-refractivity contribution in [2.45, 2.75) is 6.92 Å². The third-order valence-electron chi connectivity index (χ3n) is 4.15. The molecule has 2 heterocycles. The number of hydrogen-bond donors (Lipinski definition) is 0. The lowest BCUT2D eigenvalue weighted by atomic mass is 10.0. The van der Waals surface area contributed by atoms with E-state index in [0.29, 0.717) is 28.1 Å². The maximum Gasteiger partial charge on any atom is 0.153 e. The lowest BCUT2D eigenvalue weighted by molar-refractivity contribution is -0.254. The lowest BCUT2D eigenvalue weighted by Gasteiger charge is -2.10. The summed E-state index contributed by atoms with van der Waals surface area (Å²) in [6.07, 6.45) is 0. The van der Waals surface area contributed by atoms with Crippen molar-refractivity contribution in [1.29, 1.82) is 0 Å². The van der Waals surface area contributed by atoms with E-state index < -0.39 is 5.97 Å². The van der Waals surface area contributed by atoms with Crippen LogP contribution in [0, 0.1) is 6.92 Å². The molecule has 0 radical (unpaired) electrons. The highest BCUT2D eigenvalue weighted by molar-refractivity contribution is 9.10. The minimum absolute atomic E-state index is 0.106. The van der Waals surface area contributed by atoms with E-state index in [1.165, 1.54) is 6.07 Å². The van der Waals surface area contributed by atoms with Gasteiger partial charge in [0.1, 0.15) is 11.5 Å². The van der Waals surface area contributed by atoms with Crippen molar-refractivity contribution in [3.63, 3.8) is 0 Å². The van der Waals surface area contributed by atoms with E-state index in [1.54, 1.807) is 18.2 Å². The van der Waals surface area contributed by atoms with Crippen LogP contribution in [0.3, 0.4) is 0 Å². The highest BCUT2D eigenvalue weighted by atomic mass is 79.9. The summed E-state index contributed by atoms with van der Waals surface area (Å²) in [5.74, 6) is -0.0462. The zero-order chi connectivity index (χ0) is 18.3. The number of aromatic nitrogens is 1. The first-order valence-corrected chi connectivity index (χ1v) is 8.79. The van der Waals surface area contributed by atoms with E-state index in [4.69, 9.17) is 4.42 Å². The standard InChI is InChI=1S/C21H14BrNO3/c1-12-5-6-17-15(9-12)16(21(24)25)11-18(23-17)20-8-7-19(26-20)13-3-2-4-14(22)10-13/h2-11H,1H3,(H,24,25)/p-1. The molecule has 0 aliphatic heterocycles. The van der Waals surface area contributed by atoms with Gasteiger partial charge >= 0.3 is 0 Å². The fourth-order valence-corrected chi connectivity index (χ4v) is 3.31. The average molecular weight is 407 g/mol. The minimum Gasteiger partial charge on any atom is -0.545 e. The molecule has 0 saturated heterocycles. The Hall–Kier alpha value is -2.92. The van der Waals surface area contributed by atoms with Gasteiger partial charge in [-0.3, -0.25) is 0 Å². The smallest absolute Gasteiger partial charge is 0.153 e. The largest absolute Gasteiger partial charge is 0.545 e. The van der Waals surface area contributed by atoms with E-state index in [2.05, 4.69) is 20.9 Å². The molecule has 0 spiro atoms. The molecule has 0 atom stereocenters. The molecule has 2 aromatic carbocycles. The van der Waals surface area contributed by atoms with Crippen molar-refractivity contribution < 1.29 is 14.3 Å².